The number of hydrogen-bond donors (Lipinski definition) is 1. The van der Waals surface area contributed by atoms with Gasteiger partial charge in [0.2, 0.25) is 6.54 Å². The average Bonchev–Trinajstić information content (AvgIpc) is 3.00. The maximum atomic E-state index is 12.6. The molecule has 1 aromatic heterocycles. The fourth-order valence-electron chi connectivity index (χ4n) is 3.90. The van der Waals surface area contributed by atoms with Crippen LogP contribution in [0.2, 0.25) is 0 Å². The van der Waals surface area contributed by atoms with Crippen molar-refractivity contribution in [3.63, 3.8) is 0 Å². The quantitative estimate of drug-likeness (QED) is 0.852. The lowest BCUT2D eigenvalue weighted by atomic mass is 9.96. The Morgan fingerprint density at radius 3 is 2.50 bits per heavy atom. The summed E-state index contributed by atoms with van der Waals surface area (Å²) in [4.78, 5) is 12.6. The molecule has 0 atom stereocenters. The van der Waals surface area contributed by atoms with Gasteiger partial charge in [0, 0.05) is 11.8 Å². The number of anilines is 1. The molecule has 0 aliphatic heterocycles. The molecular weight excluding hydrogens is 298 g/mol. The van der Waals surface area contributed by atoms with Crippen molar-refractivity contribution in [2.45, 2.75) is 65.5 Å². The number of rotatable bonds is 4. The van der Waals surface area contributed by atoms with Crippen LogP contribution >= 0.6 is 0 Å². The van der Waals surface area contributed by atoms with Gasteiger partial charge >= 0.3 is 0 Å². The predicted molar refractivity (Wildman–Crippen MR) is 96.0 cm³/mol. The van der Waals surface area contributed by atoms with Crippen molar-refractivity contribution < 1.29 is 9.48 Å². The van der Waals surface area contributed by atoms with Gasteiger partial charge in [-0.05, 0) is 44.7 Å². The second kappa shape index (κ2) is 7.20. The molecule has 1 amide bonds. The van der Waals surface area contributed by atoms with E-state index in [-0.39, 0.29) is 5.91 Å². The molecule has 1 N–H and O–H groups in total. The van der Waals surface area contributed by atoms with Crippen molar-refractivity contribution in [1.82, 2.24) is 4.68 Å². The van der Waals surface area contributed by atoms with E-state index in [2.05, 4.69) is 35.3 Å². The molecule has 1 aliphatic rings. The summed E-state index contributed by atoms with van der Waals surface area (Å²) >= 11 is 0. The molecular formula is C20H28N3O+. The first-order valence-electron chi connectivity index (χ1n) is 8.99. The van der Waals surface area contributed by atoms with E-state index in [4.69, 9.17) is 0 Å². The number of aromatic nitrogens is 2. The summed E-state index contributed by atoms with van der Waals surface area (Å²) < 4.78 is 4.29. The van der Waals surface area contributed by atoms with Crippen LogP contribution in [0.3, 0.4) is 0 Å². The predicted octanol–water partition coefficient (Wildman–Crippen LogP) is 3.84. The first-order valence-corrected chi connectivity index (χ1v) is 8.99. The highest BCUT2D eigenvalue weighted by Crippen LogP contribution is 2.26. The van der Waals surface area contributed by atoms with E-state index >= 15 is 0 Å². The van der Waals surface area contributed by atoms with Crippen LogP contribution in [0.1, 0.15) is 54.8 Å². The van der Waals surface area contributed by atoms with Crippen molar-refractivity contribution in [2.24, 2.45) is 0 Å². The molecule has 1 fully saturated rings. The van der Waals surface area contributed by atoms with Crippen molar-refractivity contribution >= 4 is 11.6 Å². The van der Waals surface area contributed by atoms with Crippen LogP contribution < -0.4 is 10.00 Å². The molecule has 0 bridgehead atoms. The van der Waals surface area contributed by atoms with Gasteiger partial charge in [-0.3, -0.25) is 4.79 Å². The number of nitrogens with one attached hydrogen (secondary N) is 1. The van der Waals surface area contributed by atoms with Gasteiger partial charge in [-0.2, -0.15) is 4.68 Å². The molecule has 4 nitrogen and oxygen atoms in total. The fourth-order valence-corrected chi connectivity index (χ4v) is 3.90. The summed E-state index contributed by atoms with van der Waals surface area (Å²) in [7, 11) is 0. The molecule has 4 heteroatoms. The fraction of sp³-hybridized carbons (Fsp3) is 0.500. The van der Waals surface area contributed by atoms with Crippen molar-refractivity contribution in [3.8, 4) is 0 Å². The minimum absolute atomic E-state index is 0.0332. The van der Waals surface area contributed by atoms with Gasteiger partial charge in [-0.15, -0.1) is 4.68 Å². The van der Waals surface area contributed by atoms with Gasteiger partial charge in [0.15, 0.2) is 6.20 Å². The van der Waals surface area contributed by atoms with Crippen LogP contribution in [0.15, 0.2) is 30.6 Å². The Morgan fingerprint density at radius 1 is 1.17 bits per heavy atom. The summed E-state index contributed by atoms with van der Waals surface area (Å²) in [5, 5.41) is 3.10. The van der Waals surface area contributed by atoms with E-state index in [1.165, 1.54) is 37.7 Å². The Hall–Kier alpha value is -2.10. The Bertz CT molecular complexity index is 703. The Labute approximate surface area is 144 Å². The highest BCUT2D eigenvalue weighted by Gasteiger charge is 2.23. The van der Waals surface area contributed by atoms with Crippen molar-refractivity contribution in [3.05, 3.63) is 47.3 Å². The molecule has 24 heavy (non-hydrogen) atoms. The topological polar surface area (TPSA) is 37.9 Å². The van der Waals surface area contributed by atoms with Gasteiger partial charge in [-0.25, -0.2) is 0 Å². The maximum absolute atomic E-state index is 12.6. The van der Waals surface area contributed by atoms with Gasteiger partial charge in [-0.1, -0.05) is 37.0 Å². The zero-order valence-corrected chi connectivity index (χ0v) is 15.0. The molecule has 0 spiro atoms. The highest BCUT2D eigenvalue weighted by atomic mass is 16.2. The largest absolute Gasteiger partial charge is 0.320 e. The number of aryl methyl sites for hydroxylation is 3. The van der Waals surface area contributed by atoms with E-state index in [9.17, 15) is 4.79 Å². The summed E-state index contributed by atoms with van der Waals surface area (Å²) in [6.07, 6.45) is 10.4. The van der Waals surface area contributed by atoms with Gasteiger partial charge in [0.1, 0.15) is 0 Å². The average molecular weight is 326 g/mol. The number of benzene rings is 1. The van der Waals surface area contributed by atoms with Gasteiger partial charge in [0.05, 0.1) is 12.2 Å². The lowest BCUT2D eigenvalue weighted by molar-refractivity contribution is -0.767. The smallest absolute Gasteiger partial charge is 0.292 e. The molecule has 1 saturated carbocycles. The molecule has 1 aliphatic carbocycles. The minimum atomic E-state index is 0.0332. The van der Waals surface area contributed by atoms with Crippen LogP contribution in [0.5, 0.6) is 0 Å². The summed E-state index contributed by atoms with van der Waals surface area (Å²) in [5.74, 6) is 0.0332. The lowest BCUT2D eigenvalue weighted by Crippen LogP contribution is -2.48. The zero-order valence-electron chi connectivity index (χ0n) is 15.0. The molecule has 0 saturated heterocycles. The molecule has 0 radical (unpaired) electrons. The molecule has 1 aromatic carbocycles. The van der Waals surface area contributed by atoms with E-state index < -0.39 is 0 Å². The van der Waals surface area contributed by atoms with E-state index in [1.807, 2.05) is 30.8 Å². The van der Waals surface area contributed by atoms with Crippen molar-refractivity contribution in [2.75, 3.05) is 5.32 Å². The summed E-state index contributed by atoms with van der Waals surface area (Å²) in [6.45, 7) is 6.54. The molecule has 0 unspecified atom stereocenters. The molecule has 2 aromatic rings. The monoisotopic (exact) mass is 326 g/mol. The second-order valence-corrected chi connectivity index (χ2v) is 7.08. The van der Waals surface area contributed by atoms with Crippen LogP contribution in [0, 0.1) is 20.8 Å². The Balaban J connectivity index is 1.71. The number of carbonyl (C=O) groups is 1. The van der Waals surface area contributed by atoms with Gasteiger partial charge < -0.3 is 5.32 Å². The molecule has 1 heterocycles. The van der Waals surface area contributed by atoms with Gasteiger partial charge in [0.25, 0.3) is 5.91 Å². The van der Waals surface area contributed by atoms with Crippen LogP contribution in [-0.4, -0.2) is 10.6 Å². The molecule has 128 valence electrons. The van der Waals surface area contributed by atoms with Crippen LogP contribution in [0.25, 0.3) is 0 Å². The Morgan fingerprint density at radius 2 is 1.83 bits per heavy atom. The zero-order chi connectivity index (χ0) is 17.1. The van der Waals surface area contributed by atoms with Crippen LogP contribution in [-0.2, 0) is 11.3 Å². The standard InChI is InChI=1S/C20H27N3O/c1-15-12-16(2)20(17(3)13-15)21-19(24)14-22-10-7-11-23(22)18-8-5-4-6-9-18/h7,10-13,18H,4-6,8-9,14H2,1-3H3/p+1. The first-order chi connectivity index (χ1) is 11.5. The van der Waals surface area contributed by atoms with Crippen molar-refractivity contribution in [1.29, 1.82) is 0 Å². The third-order valence-electron chi connectivity index (χ3n) is 4.99. The summed E-state index contributed by atoms with van der Waals surface area (Å²) in [6, 6.07) is 6.79. The molecule has 3 rings (SSSR count). The van der Waals surface area contributed by atoms with E-state index in [1.54, 1.807) is 0 Å². The number of amides is 1. The number of carbonyl (C=O) groups excluding carboxylic acids is 1. The maximum Gasteiger partial charge on any atom is 0.292 e. The van der Waals surface area contributed by atoms with Crippen LogP contribution in [0.4, 0.5) is 5.69 Å². The Kier molecular flexibility index (Phi) is 5.03. The SMILES string of the molecule is Cc1cc(C)c(NC(=O)C[n+]2cccn2C2CCCCC2)c(C)c1. The normalized spacial score (nSPS) is 15.5. The minimum Gasteiger partial charge on any atom is -0.320 e. The van der Waals surface area contributed by atoms with E-state index in [0.717, 1.165) is 16.8 Å². The third kappa shape index (κ3) is 3.69. The highest BCUT2D eigenvalue weighted by molar-refractivity contribution is 5.91. The third-order valence-corrected chi connectivity index (χ3v) is 4.99. The lowest BCUT2D eigenvalue weighted by Gasteiger charge is -2.21. The second-order valence-electron chi connectivity index (χ2n) is 7.08. The first kappa shape index (κ1) is 16.7. The summed E-state index contributed by atoms with van der Waals surface area (Å²) in [5.41, 5.74) is 4.41. The van der Waals surface area contributed by atoms with E-state index in [0.29, 0.717) is 12.6 Å². The number of nitrogens with zero attached hydrogens (tertiary/aromatic N) is 2. The number of hydrogen-bond acceptors (Lipinski definition) is 1.